The van der Waals surface area contributed by atoms with Crippen molar-refractivity contribution in [3.63, 3.8) is 0 Å². The zero-order valence-corrected chi connectivity index (χ0v) is 9.66. The molecule has 0 aliphatic rings. The van der Waals surface area contributed by atoms with Crippen molar-refractivity contribution < 1.29 is 8.42 Å². The molecular weight excluding hydrogens is 250 g/mol. The minimum atomic E-state index is -3.86. The van der Waals surface area contributed by atoms with Gasteiger partial charge in [-0.15, -0.1) is 5.10 Å². The number of halogens is 1. The fourth-order valence-electron chi connectivity index (χ4n) is 1.26. The predicted octanol–water partition coefficient (Wildman–Crippen LogP) is 1.32. The van der Waals surface area contributed by atoms with Gasteiger partial charge in [-0.1, -0.05) is 30.3 Å². The van der Waals surface area contributed by atoms with Gasteiger partial charge in [0.15, 0.2) is 0 Å². The van der Waals surface area contributed by atoms with Gasteiger partial charge in [-0.3, -0.25) is 5.10 Å². The Labute approximate surface area is 96.9 Å². The number of aromatic nitrogens is 3. The molecule has 1 aromatic carbocycles. The Morgan fingerprint density at radius 3 is 2.50 bits per heavy atom. The second kappa shape index (κ2) is 4.23. The maximum absolute atomic E-state index is 10.9. The zero-order chi connectivity index (χ0) is 11.6. The lowest BCUT2D eigenvalue weighted by Gasteiger charge is -1.95. The van der Waals surface area contributed by atoms with Crippen molar-refractivity contribution in [3.05, 3.63) is 41.7 Å². The number of nitrogens with zero attached hydrogens (tertiary/aromatic N) is 2. The summed E-state index contributed by atoms with van der Waals surface area (Å²) in [5.41, 5.74) is 1.01. The first-order valence-electron chi connectivity index (χ1n) is 4.45. The molecule has 0 bridgehead atoms. The fourth-order valence-corrected chi connectivity index (χ4v) is 1.84. The number of hydrogen-bond acceptors (Lipinski definition) is 4. The van der Waals surface area contributed by atoms with Crippen molar-refractivity contribution in [2.45, 2.75) is 11.6 Å². The summed E-state index contributed by atoms with van der Waals surface area (Å²) in [5.74, 6) is 0.463. The minimum absolute atomic E-state index is 0.389. The highest BCUT2D eigenvalue weighted by atomic mass is 35.7. The third-order valence-electron chi connectivity index (χ3n) is 1.94. The van der Waals surface area contributed by atoms with Crippen LogP contribution < -0.4 is 0 Å². The topological polar surface area (TPSA) is 75.7 Å². The van der Waals surface area contributed by atoms with Crippen LogP contribution >= 0.6 is 10.7 Å². The molecule has 0 fully saturated rings. The van der Waals surface area contributed by atoms with Crippen LogP contribution in [-0.2, 0) is 15.5 Å². The van der Waals surface area contributed by atoms with Crippen LogP contribution in [-0.4, -0.2) is 23.6 Å². The van der Waals surface area contributed by atoms with E-state index < -0.39 is 9.05 Å². The van der Waals surface area contributed by atoms with Crippen molar-refractivity contribution in [3.8, 4) is 0 Å². The number of rotatable bonds is 3. The Morgan fingerprint density at radius 1 is 1.25 bits per heavy atom. The van der Waals surface area contributed by atoms with Gasteiger partial charge in [0, 0.05) is 17.1 Å². The van der Waals surface area contributed by atoms with Crippen LogP contribution in [0.4, 0.5) is 0 Å². The summed E-state index contributed by atoms with van der Waals surface area (Å²) in [7, 11) is 1.25. The number of aromatic amines is 1. The van der Waals surface area contributed by atoms with Crippen LogP contribution in [0, 0.1) is 0 Å². The molecule has 0 amide bonds. The van der Waals surface area contributed by atoms with Crippen molar-refractivity contribution in [2.75, 3.05) is 0 Å². The number of nitrogens with one attached hydrogen (secondary N) is 1. The van der Waals surface area contributed by atoms with Crippen molar-refractivity contribution in [1.29, 1.82) is 0 Å². The van der Waals surface area contributed by atoms with E-state index in [4.69, 9.17) is 10.7 Å². The predicted molar refractivity (Wildman–Crippen MR) is 58.7 cm³/mol. The van der Waals surface area contributed by atoms with Crippen LogP contribution in [0.3, 0.4) is 0 Å². The average Bonchev–Trinajstić information content (AvgIpc) is 2.67. The smallest absolute Gasteiger partial charge is 0.262 e. The summed E-state index contributed by atoms with van der Waals surface area (Å²) in [6, 6.07) is 9.52. The summed E-state index contributed by atoms with van der Waals surface area (Å²) in [5, 5.41) is 5.67. The van der Waals surface area contributed by atoms with Gasteiger partial charge < -0.3 is 0 Å². The quantitative estimate of drug-likeness (QED) is 0.842. The van der Waals surface area contributed by atoms with E-state index in [1.165, 1.54) is 0 Å². The Balaban J connectivity index is 2.22. The molecule has 0 atom stereocenters. The van der Waals surface area contributed by atoms with Gasteiger partial charge in [-0.2, -0.15) is 0 Å². The summed E-state index contributed by atoms with van der Waals surface area (Å²) < 4.78 is 21.8. The number of hydrogen-bond donors (Lipinski definition) is 1. The van der Waals surface area contributed by atoms with E-state index in [-0.39, 0.29) is 5.16 Å². The standard InChI is InChI=1S/C9H8ClN3O2S/c10-16(14,15)9-11-8(12-13-9)6-7-4-2-1-3-5-7/h1-5H,6H2,(H,11,12,13). The third kappa shape index (κ3) is 2.59. The second-order valence-electron chi connectivity index (χ2n) is 3.16. The first-order chi connectivity index (χ1) is 7.55. The van der Waals surface area contributed by atoms with Crippen LogP contribution in [0.5, 0.6) is 0 Å². The summed E-state index contributed by atoms with van der Waals surface area (Å²) in [6.07, 6.45) is 0.486. The molecule has 1 N–H and O–H groups in total. The Kier molecular flexibility index (Phi) is 2.93. The normalized spacial score (nSPS) is 11.6. The Morgan fingerprint density at radius 2 is 1.94 bits per heavy atom. The SMILES string of the molecule is O=S(=O)(Cl)c1n[nH]c(Cc2ccccc2)n1. The lowest BCUT2D eigenvalue weighted by molar-refractivity contribution is 0.602. The van der Waals surface area contributed by atoms with E-state index in [1.807, 2.05) is 30.3 Å². The average molecular weight is 258 g/mol. The van der Waals surface area contributed by atoms with Gasteiger partial charge >= 0.3 is 0 Å². The van der Waals surface area contributed by atoms with E-state index in [9.17, 15) is 8.42 Å². The third-order valence-corrected chi connectivity index (χ3v) is 2.98. The fraction of sp³-hybridized carbons (Fsp3) is 0.111. The van der Waals surface area contributed by atoms with Crippen LogP contribution in [0.25, 0.3) is 0 Å². The highest BCUT2D eigenvalue weighted by Gasteiger charge is 2.16. The second-order valence-corrected chi connectivity index (χ2v) is 5.62. The van der Waals surface area contributed by atoms with Gasteiger partial charge in [-0.25, -0.2) is 13.4 Å². The van der Waals surface area contributed by atoms with Gasteiger partial charge in [0.25, 0.3) is 14.2 Å². The molecule has 0 radical (unpaired) electrons. The van der Waals surface area contributed by atoms with E-state index >= 15 is 0 Å². The van der Waals surface area contributed by atoms with Crippen molar-refractivity contribution in [1.82, 2.24) is 15.2 Å². The molecule has 5 nitrogen and oxygen atoms in total. The first kappa shape index (κ1) is 11.1. The highest BCUT2D eigenvalue weighted by Crippen LogP contribution is 2.10. The molecule has 0 saturated heterocycles. The molecule has 2 rings (SSSR count). The van der Waals surface area contributed by atoms with Gasteiger partial charge in [0.05, 0.1) is 0 Å². The molecular formula is C9H8ClN3O2S. The molecule has 1 heterocycles. The summed E-state index contributed by atoms with van der Waals surface area (Å²) in [6.45, 7) is 0. The summed E-state index contributed by atoms with van der Waals surface area (Å²) in [4.78, 5) is 3.79. The van der Waals surface area contributed by atoms with Crippen LogP contribution in [0.15, 0.2) is 35.5 Å². The van der Waals surface area contributed by atoms with E-state index in [1.54, 1.807) is 0 Å². The molecule has 1 aromatic heterocycles. The maximum atomic E-state index is 10.9. The minimum Gasteiger partial charge on any atom is -0.262 e. The summed E-state index contributed by atoms with van der Waals surface area (Å²) >= 11 is 0. The van der Waals surface area contributed by atoms with Crippen molar-refractivity contribution in [2.24, 2.45) is 0 Å². The zero-order valence-electron chi connectivity index (χ0n) is 8.09. The molecule has 16 heavy (non-hydrogen) atoms. The Hall–Kier alpha value is -1.40. The molecule has 7 heteroatoms. The molecule has 0 unspecified atom stereocenters. The lowest BCUT2D eigenvalue weighted by Crippen LogP contribution is -1.94. The van der Waals surface area contributed by atoms with Crippen molar-refractivity contribution >= 4 is 19.7 Å². The van der Waals surface area contributed by atoms with Gasteiger partial charge in [0.1, 0.15) is 5.82 Å². The van der Waals surface area contributed by atoms with E-state index in [0.29, 0.717) is 12.2 Å². The largest absolute Gasteiger partial charge is 0.298 e. The molecule has 0 spiro atoms. The van der Waals surface area contributed by atoms with Crippen LogP contribution in [0.2, 0.25) is 0 Å². The van der Waals surface area contributed by atoms with E-state index in [0.717, 1.165) is 5.56 Å². The van der Waals surface area contributed by atoms with Gasteiger partial charge in [0.2, 0.25) is 0 Å². The first-order valence-corrected chi connectivity index (χ1v) is 6.76. The monoisotopic (exact) mass is 257 g/mol. The Bertz CT molecular complexity index is 580. The highest BCUT2D eigenvalue weighted by molar-refractivity contribution is 8.13. The lowest BCUT2D eigenvalue weighted by atomic mass is 10.1. The number of benzene rings is 1. The number of H-pyrrole nitrogens is 1. The molecule has 0 aliphatic heterocycles. The maximum Gasteiger partial charge on any atom is 0.298 e. The molecule has 84 valence electrons. The van der Waals surface area contributed by atoms with E-state index in [2.05, 4.69) is 15.2 Å². The molecule has 0 saturated carbocycles. The molecule has 2 aromatic rings. The van der Waals surface area contributed by atoms with Crippen LogP contribution in [0.1, 0.15) is 11.4 Å². The molecule has 0 aliphatic carbocycles. The van der Waals surface area contributed by atoms with Gasteiger partial charge in [-0.05, 0) is 5.56 Å².